The average molecular weight is 102 g/mol. The summed E-state index contributed by atoms with van der Waals surface area (Å²) in [5, 5.41) is 3.28. The molecule has 1 aliphatic rings. The van der Waals surface area contributed by atoms with Crippen molar-refractivity contribution in [1.82, 2.24) is 5.48 Å². The van der Waals surface area contributed by atoms with Gasteiger partial charge in [-0.3, -0.25) is 4.94 Å². The topological polar surface area (TPSA) is 85.7 Å². The van der Waals surface area contributed by atoms with Gasteiger partial charge in [0.2, 0.25) is 0 Å². The Labute approximate surface area is 40.2 Å². The first-order chi connectivity index (χ1) is 3.30. The molecule has 0 amide bonds. The third-order valence-corrected chi connectivity index (χ3v) is 0.649. The van der Waals surface area contributed by atoms with Crippen molar-refractivity contribution in [1.29, 1.82) is 0 Å². The van der Waals surface area contributed by atoms with Crippen LogP contribution in [0.2, 0.25) is 0 Å². The molecule has 5 heteroatoms. The lowest BCUT2D eigenvalue weighted by Gasteiger charge is -1.94. The maximum Gasteiger partial charge on any atom is 0.176 e. The van der Waals surface area contributed by atoms with E-state index in [4.69, 9.17) is 11.5 Å². The van der Waals surface area contributed by atoms with Gasteiger partial charge in [-0.15, -0.1) is 5.48 Å². The van der Waals surface area contributed by atoms with Crippen LogP contribution in [0.1, 0.15) is 0 Å². The van der Waals surface area contributed by atoms with E-state index in [1.54, 1.807) is 0 Å². The number of hydroxylamine groups is 1. The Balaban J connectivity index is 2.54. The average Bonchev–Trinajstić information content (AvgIpc) is 1.91. The van der Waals surface area contributed by atoms with Crippen LogP contribution in [0, 0.1) is 0 Å². The minimum Gasteiger partial charge on any atom is -0.382 e. The van der Waals surface area contributed by atoms with Gasteiger partial charge in [0, 0.05) is 0 Å². The van der Waals surface area contributed by atoms with Gasteiger partial charge in [-0.05, 0) is 5.16 Å². The molecule has 40 valence electrons. The normalized spacial score (nSPS) is 29.3. The molecule has 0 aliphatic carbocycles. The Morgan fingerprint density at radius 1 is 1.86 bits per heavy atom. The number of amidine groups is 1. The third-order valence-electron chi connectivity index (χ3n) is 0.649. The quantitative estimate of drug-likeness (QED) is 0.333. The van der Waals surface area contributed by atoms with Crippen LogP contribution in [0.4, 0.5) is 0 Å². The van der Waals surface area contributed by atoms with Crippen LogP contribution in [-0.4, -0.2) is 12.0 Å². The molecule has 0 radical (unpaired) electrons. The van der Waals surface area contributed by atoms with E-state index in [0.29, 0.717) is 0 Å². The monoisotopic (exact) mass is 102 g/mol. The van der Waals surface area contributed by atoms with Crippen molar-refractivity contribution in [3.63, 3.8) is 0 Å². The van der Waals surface area contributed by atoms with Crippen molar-refractivity contribution in [2.24, 2.45) is 16.6 Å². The zero-order valence-corrected chi connectivity index (χ0v) is 3.59. The van der Waals surface area contributed by atoms with Crippen LogP contribution >= 0.6 is 0 Å². The zero-order chi connectivity index (χ0) is 5.28. The summed E-state index contributed by atoms with van der Waals surface area (Å²) in [6, 6.07) is 0. The van der Waals surface area contributed by atoms with Gasteiger partial charge < -0.3 is 11.5 Å². The van der Waals surface area contributed by atoms with Crippen molar-refractivity contribution in [3.05, 3.63) is 0 Å². The predicted molar refractivity (Wildman–Crippen MR) is 23.8 cm³/mol. The summed E-state index contributed by atoms with van der Waals surface area (Å²) in [6.45, 7) is 0. The molecule has 1 unspecified atom stereocenters. The largest absolute Gasteiger partial charge is 0.382 e. The Morgan fingerprint density at radius 3 is 2.71 bits per heavy atom. The molecule has 0 aromatic carbocycles. The highest BCUT2D eigenvalue weighted by atomic mass is 16.8. The summed E-state index contributed by atoms with van der Waals surface area (Å²) in [7, 11) is 0. The van der Waals surface area contributed by atoms with Gasteiger partial charge in [0.25, 0.3) is 0 Å². The fourth-order valence-corrected chi connectivity index (χ4v) is 0.253. The molecule has 0 fully saturated rings. The molecule has 0 bridgehead atoms. The van der Waals surface area contributed by atoms with Gasteiger partial charge in [-0.2, -0.15) is 0 Å². The highest BCUT2D eigenvalue weighted by Gasteiger charge is 2.12. The maximum absolute atomic E-state index is 5.19. The first-order valence-corrected chi connectivity index (χ1v) is 1.81. The van der Waals surface area contributed by atoms with Crippen LogP contribution in [0.15, 0.2) is 5.16 Å². The van der Waals surface area contributed by atoms with Crippen LogP contribution in [0.25, 0.3) is 0 Å². The summed E-state index contributed by atoms with van der Waals surface area (Å²) in [5.41, 5.74) is 12.6. The van der Waals surface area contributed by atoms with E-state index in [1.165, 1.54) is 0 Å². The molecule has 0 saturated heterocycles. The Bertz CT molecular complexity index is 99.9. The molecule has 1 atom stereocenters. The number of nitrogens with zero attached hydrogens (tertiary/aromatic N) is 1. The molecule has 5 N–H and O–H groups in total. The van der Waals surface area contributed by atoms with Gasteiger partial charge in [-0.1, -0.05) is 0 Å². The van der Waals surface area contributed by atoms with Crippen LogP contribution in [0.5, 0.6) is 0 Å². The molecule has 1 rings (SSSR count). The second-order valence-electron chi connectivity index (χ2n) is 1.20. The molecular formula is C2H6N4O. The molecule has 5 nitrogen and oxygen atoms in total. The van der Waals surface area contributed by atoms with Crippen molar-refractivity contribution < 1.29 is 4.94 Å². The van der Waals surface area contributed by atoms with Crippen LogP contribution in [-0.2, 0) is 4.94 Å². The molecule has 0 spiro atoms. The molecular weight excluding hydrogens is 96.0 g/mol. The highest BCUT2D eigenvalue weighted by molar-refractivity contribution is 5.85. The van der Waals surface area contributed by atoms with Gasteiger partial charge in [-0.25, -0.2) is 0 Å². The smallest absolute Gasteiger partial charge is 0.176 e. The molecule has 0 saturated carbocycles. The first-order valence-electron chi connectivity index (χ1n) is 1.81. The van der Waals surface area contributed by atoms with E-state index in [9.17, 15) is 0 Å². The van der Waals surface area contributed by atoms with E-state index < -0.39 is 6.17 Å². The Morgan fingerprint density at radius 2 is 2.57 bits per heavy atom. The lowest BCUT2D eigenvalue weighted by atomic mass is 10.5. The summed E-state index contributed by atoms with van der Waals surface area (Å²) >= 11 is 0. The first kappa shape index (κ1) is 4.35. The van der Waals surface area contributed by atoms with E-state index in [0.717, 1.165) is 0 Å². The number of nitrogens with one attached hydrogen (secondary N) is 1. The summed E-state index contributed by atoms with van der Waals surface area (Å²) in [5.74, 6) is 0.278. The number of hydrogen-bond acceptors (Lipinski definition) is 5. The fourth-order valence-electron chi connectivity index (χ4n) is 0.253. The summed E-state index contributed by atoms with van der Waals surface area (Å²) < 4.78 is 0. The number of nitrogens with two attached hydrogens (primary N) is 2. The standard InChI is InChI=1S/C2H6N4O/c3-1-2(4)6-7-5-1/h1,5H,3H2,(H2,4,6). The second kappa shape index (κ2) is 1.36. The van der Waals surface area contributed by atoms with Crippen molar-refractivity contribution >= 4 is 5.84 Å². The van der Waals surface area contributed by atoms with E-state index in [1.807, 2.05) is 0 Å². The summed E-state index contributed by atoms with van der Waals surface area (Å²) in [4.78, 5) is 4.26. The minimum absolute atomic E-state index is 0.278. The van der Waals surface area contributed by atoms with Crippen molar-refractivity contribution in [3.8, 4) is 0 Å². The lowest BCUT2D eigenvalue weighted by molar-refractivity contribution is 0.0610. The van der Waals surface area contributed by atoms with Crippen molar-refractivity contribution in [2.75, 3.05) is 0 Å². The third kappa shape index (κ3) is 0.625. The molecule has 1 aliphatic heterocycles. The van der Waals surface area contributed by atoms with Gasteiger partial charge >= 0.3 is 0 Å². The maximum atomic E-state index is 5.19. The highest BCUT2D eigenvalue weighted by Crippen LogP contribution is 1.84. The van der Waals surface area contributed by atoms with E-state index in [-0.39, 0.29) is 5.84 Å². The van der Waals surface area contributed by atoms with E-state index >= 15 is 0 Å². The lowest BCUT2D eigenvalue weighted by Crippen LogP contribution is -2.42. The predicted octanol–water partition coefficient (Wildman–Crippen LogP) is -1.92. The number of rotatable bonds is 0. The second-order valence-corrected chi connectivity index (χ2v) is 1.20. The number of hydrogen-bond donors (Lipinski definition) is 3. The molecule has 0 aromatic heterocycles. The van der Waals surface area contributed by atoms with E-state index in [2.05, 4.69) is 15.6 Å². The van der Waals surface area contributed by atoms with Crippen molar-refractivity contribution in [2.45, 2.75) is 6.17 Å². The molecule has 1 heterocycles. The SMILES string of the molecule is NC1=NONC1N. The fraction of sp³-hybridized carbons (Fsp3) is 0.500. The summed E-state index contributed by atoms with van der Waals surface area (Å²) in [6.07, 6.45) is -0.431. The molecule has 7 heavy (non-hydrogen) atoms. The Kier molecular flexibility index (Phi) is 0.844. The van der Waals surface area contributed by atoms with Gasteiger partial charge in [0.15, 0.2) is 12.0 Å². The zero-order valence-electron chi connectivity index (χ0n) is 3.59. The molecule has 0 aromatic rings. The van der Waals surface area contributed by atoms with Crippen LogP contribution < -0.4 is 16.9 Å². The van der Waals surface area contributed by atoms with Gasteiger partial charge in [0.05, 0.1) is 0 Å². The Hall–Kier alpha value is -0.810. The minimum atomic E-state index is -0.431. The number of oxime groups is 1. The van der Waals surface area contributed by atoms with Gasteiger partial charge in [0.1, 0.15) is 0 Å². The van der Waals surface area contributed by atoms with Crippen LogP contribution in [0.3, 0.4) is 0 Å².